The highest BCUT2D eigenvalue weighted by Gasteiger charge is 2.17. The van der Waals surface area contributed by atoms with Gasteiger partial charge in [-0.05, 0) is 25.5 Å². The molecule has 0 saturated heterocycles. The molecule has 0 radical (unpaired) electrons. The Morgan fingerprint density at radius 3 is 2.61 bits per heavy atom. The van der Waals surface area contributed by atoms with Gasteiger partial charge in [0, 0.05) is 19.8 Å². The monoisotopic (exact) mass is 316 g/mol. The Kier molecular flexibility index (Phi) is 5.76. The molecule has 1 aromatic carbocycles. The first-order valence-corrected chi connectivity index (χ1v) is 7.75. The summed E-state index contributed by atoms with van der Waals surface area (Å²) < 4.78 is 1.72. The van der Waals surface area contributed by atoms with Crippen LogP contribution in [0, 0.1) is 6.92 Å². The van der Waals surface area contributed by atoms with Crippen molar-refractivity contribution >= 4 is 6.03 Å². The van der Waals surface area contributed by atoms with Gasteiger partial charge in [0.15, 0.2) is 0 Å². The first-order valence-electron chi connectivity index (χ1n) is 7.75. The molecule has 0 spiro atoms. The topological polar surface area (TPSA) is 70.4 Å². The summed E-state index contributed by atoms with van der Waals surface area (Å²) in [5.41, 5.74) is 2.88. The molecule has 1 aromatic heterocycles. The van der Waals surface area contributed by atoms with Crippen LogP contribution in [0.4, 0.5) is 4.79 Å². The van der Waals surface area contributed by atoms with Crippen molar-refractivity contribution in [2.45, 2.75) is 26.5 Å². The highest BCUT2D eigenvalue weighted by molar-refractivity contribution is 5.74. The number of amides is 2. The molecule has 0 aliphatic heterocycles. The lowest BCUT2D eigenvalue weighted by atomic mass is 10.1. The molecule has 0 bridgehead atoms. The molecular formula is C17H24N4O2. The van der Waals surface area contributed by atoms with E-state index in [0.717, 1.165) is 16.8 Å². The summed E-state index contributed by atoms with van der Waals surface area (Å²) in [5, 5.41) is 17.2. The summed E-state index contributed by atoms with van der Waals surface area (Å²) in [6.07, 6.45) is 0.998. The number of nitrogens with zero attached hydrogens (tertiary/aromatic N) is 3. The van der Waals surface area contributed by atoms with Crippen LogP contribution in [0.1, 0.15) is 29.8 Å². The summed E-state index contributed by atoms with van der Waals surface area (Å²) in [4.78, 5) is 13.9. The van der Waals surface area contributed by atoms with E-state index in [4.69, 9.17) is 0 Å². The highest BCUT2D eigenvalue weighted by atomic mass is 16.3. The van der Waals surface area contributed by atoms with Crippen molar-refractivity contribution < 1.29 is 9.90 Å². The Morgan fingerprint density at radius 2 is 2.04 bits per heavy atom. The van der Waals surface area contributed by atoms with Crippen molar-refractivity contribution in [3.8, 4) is 0 Å². The zero-order chi connectivity index (χ0) is 16.8. The lowest BCUT2D eigenvalue weighted by Crippen LogP contribution is -2.41. The van der Waals surface area contributed by atoms with Gasteiger partial charge < -0.3 is 15.3 Å². The molecule has 6 heteroatoms. The molecule has 124 valence electrons. The van der Waals surface area contributed by atoms with Gasteiger partial charge in [0.1, 0.15) is 0 Å². The molecule has 0 aliphatic rings. The van der Waals surface area contributed by atoms with Crippen LogP contribution in [0.2, 0.25) is 0 Å². The van der Waals surface area contributed by atoms with Crippen LogP contribution in [0.25, 0.3) is 0 Å². The van der Waals surface area contributed by atoms with Gasteiger partial charge in [-0.1, -0.05) is 29.8 Å². The second-order valence-corrected chi connectivity index (χ2v) is 5.57. The van der Waals surface area contributed by atoms with Crippen molar-refractivity contribution in [2.75, 3.05) is 13.1 Å². The number of carbonyl (C=O) groups excluding carboxylic acids is 1. The van der Waals surface area contributed by atoms with E-state index in [9.17, 15) is 9.90 Å². The zero-order valence-electron chi connectivity index (χ0n) is 13.9. The quantitative estimate of drug-likeness (QED) is 0.856. The largest absolute Gasteiger partial charge is 0.387 e. The number of aliphatic hydroxyl groups excluding tert-OH is 1. The van der Waals surface area contributed by atoms with Gasteiger partial charge in [-0.3, -0.25) is 4.68 Å². The van der Waals surface area contributed by atoms with E-state index in [0.29, 0.717) is 13.1 Å². The number of urea groups is 1. The minimum absolute atomic E-state index is 0.195. The number of aryl methyl sites for hydroxylation is 2. The maximum absolute atomic E-state index is 12.3. The summed E-state index contributed by atoms with van der Waals surface area (Å²) in [5.74, 6) is 0. The average molecular weight is 316 g/mol. The SMILES string of the molecule is CCN(CC(O)c1ccc(C)cc1)C(=O)NCc1ccnn1C. The summed E-state index contributed by atoms with van der Waals surface area (Å²) >= 11 is 0. The molecule has 1 atom stereocenters. The van der Waals surface area contributed by atoms with Gasteiger partial charge >= 0.3 is 6.03 Å². The van der Waals surface area contributed by atoms with E-state index >= 15 is 0 Å². The minimum atomic E-state index is -0.696. The Balaban J connectivity index is 1.91. The maximum atomic E-state index is 12.3. The summed E-state index contributed by atoms with van der Waals surface area (Å²) in [7, 11) is 1.83. The number of carbonyl (C=O) groups is 1. The molecule has 0 saturated carbocycles. The van der Waals surface area contributed by atoms with Gasteiger partial charge in [-0.25, -0.2) is 4.79 Å². The minimum Gasteiger partial charge on any atom is -0.387 e. The molecule has 23 heavy (non-hydrogen) atoms. The number of hydrogen-bond donors (Lipinski definition) is 2. The third-order valence-corrected chi connectivity index (χ3v) is 3.87. The lowest BCUT2D eigenvalue weighted by Gasteiger charge is -2.24. The van der Waals surface area contributed by atoms with Gasteiger partial charge in [0.05, 0.1) is 24.9 Å². The van der Waals surface area contributed by atoms with E-state index in [1.807, 2.05) is 51.2 Å². The van der Waals surface area contributed by atoms with Crippen molar-refractivity contribution in [1.82, 2.24) is 20.0 Å². The second-order valence-electron chi connectivity index (χ2n) is 5.57. The van der Waals surface area contributed by atoms with Crippen LogP contribution >= 0.6 is 0 Å². The molecule has 2 rings (SSSR count). The molecule has 2 amide bonds. The number of hydrogen-bond acceptors (Lipinski definition) is 3. The fraction of sp³-hybridized carbons (Fsp3) is 0.412. The van der Waals surface area contributed by atoms with Gasteiger partial charge in [0.2, 0.25) is 0 Å². The average Bonchev–Trinajstić information content (AvgIpc) is 2.95. The van der Waals surface area contributed by atoms with E-state index in [-0.39, 0.29) is 12.6 Å². The standard InChI is InChI=1S/C17H24N4O2/c1-4-21(12-16(22)14-7-5-13(2)6-8-14)17(23)18-11-15-9-10-19-20(15)3/h5-10,16,22H,4,11-12H2,1-3H3,(H,18,23). The number of nitrogens with one attached hydrogen (secondary N) is 1. The number of likely N-dealkylation sites (N-methyl/N-ethyl adjacent to an activating group) is 1. The molecule has 0 aliphatic carbocycles. The molecule has 6 nitrogen and oxygen atoms in total. The molecule has 0 fully saturated rings. The molecule has 2 N–H and O–H groups in total. The second kappa shape index (κ2) is 7.78. The Morgan fingerprint density at radius 1 is 1.35 bits per heavy atom. The van der Waals surface area contributed by atoms with Gasteiger partial charge in [0.25, 0.3) is 0 Å². The maximum Gasteiger partial charge on any atom is 0.317 e. The molecule has 2 aromatic rings. The van der Waals surface area contributed by atoms with Crippen molar-refractivity contribution in [3.63, 3.8) is 0 Å². The van der Waals surface area contributed by atoms with E-state index in [1.165, 1.54) is 0 Å². The fourth-order valence-electron chi connectivity index (χ4n) is 2.31. The third kappa shape index (κ3) is 4.56. The van der Waals surface area contributed by atoms with Crippen LogP contribution in [-0.2, 0) is 13.6 Å². The molecule has 1 unspecified atom stereocenters. The normalized spacial score (nSPS) is 12.0. The van der Waals surface area contributed by atoms with E-state index in [2.05, 4.69) is 10.4 Å². The van der Waals surface area contributed by atoms with Gasteiger partial charge in [-0.2, -0.15) is 5.10 Å². The van der Waals surface area contributed by atoms with Crippen LogP contribution in [0.15, 0.2) is 36.5 Å². The van der Waals surface area contributed by atoms with E-state index < -0.39 is 6.10 Å². The summed E-state index contributed by atoms with van der Waals surface area (Å²) in [6.45, 7) is 5.09. The fourth-order valence-corrected chi connectivity index (χ4v) is 2.31. The molecular weight excluding hydrogens is 292 g/mol. The van der Waals surface area contributed by atoms with Crippen LogP contribution in [-0.4, -0.2) is 38.9 Å². The third-order valence-electron chi connectivity index (χ3n) is 3.87. The lowest BCUT2D eigenvalue weighted by molar-refractivity contribution is 0.123. The summed E-state index contributed by atoms with van der Waals surface area (Å²) in [6, 6.07) is 9.36. The first-order chi connectivity index (χ1) is 11.0. The zero-order valence-corrected chi connectivity index (χ0v) is 13.9. The van der Waals surface area contributed by atoms with Crippen LogP contribution < -0.4 is 5.32 Å². The van der Waals surface area contributed by atoms with Crippen LogP contribution in [0.5, 0.6) is 0 Å². The molecule has 1 heterocycles. The predicted octanol–water partition coefficient (Wildman–Crippen LogP) is 1.99. The van der Waals surface area contributed by atoms with E-state index in [1.54, 1.807) is 15.8 Å². The smallest absolute Gasteiger partial charge is 0.317 e. The Bertz CT molecular complexity index is 636. The van der Waals surface area contributed by atoms with Crippen molar-refractivity contribution in [3.05, 3.63) is 53.3 Å². The Labute approximate surface area is 136 Å². The number of benzene rings is 1. The number of aliphatic hydroxyl groups is 1. The Hall–Kier alpha value is -2.34. The van der Waals surface area contributed by atoms with Crippen molar-refractivity contribution in [1.29, 1.82) is 0 Å². The first kappa shape index (κ1) is 17.0. The predicted molar refractivity (Wildman–Crippen MR) is 88.8 cm³/mol. The van der Waals surface area contributed by atoms with Crippen LogP contribution in [0.3, 0.4) is 0 Å². The van der Waals surface area contributed by atoms with Crippen molar-refractivity contribution in [2.24, 2.45) is 7.05 Å². The number of rotatable bonds is 6. The highest BCUT2D eigenvalue weighted by Crippen LogP contribution is 2.15. The van der Waals surface area contributed by atoms with Gasteiger partial charge in [-0.15, -0.1) is 0 Å². The number of aromatic nitrogens is 2.